The van der Waals surface area contributed by atoms with Gasteiger partial charge in [0, 0.05) is 31.6 Å². The number of carbonyl (C=O) groups is 1. The number of halogens is 1. The lowest BCUT2D eigenvalue weighted by molar-refractivity contribution is 0.170. The van der Waals surface area contributed by atoms with Gasteiger partial charge in [0.15, 0.2) is 0 Å². The average Bonchev–Trinajstić information content (AvgIpc) is 2.91. The lowest BCUT2D eigenvalue weighted by Crippen LogP contribution is -2.36. The molecule has 0 bridgehead atoms. The van der Waals surface area contributed by atoms with Crippen LogP contribution in [0.25, 0.3) is 0 Å². The van der Waals surface area contributed by atoms with Crippen LogP contribution in [-0.4, -0.2) is 49.1 Å². The SMILES string of the molecule is CCCN1CC[C@H]2c3c(cccc3OC(=O)N(C)C)CC[C@H]21.Cl. The molecule has 0 unspecified atom stereocenters. The Kier molecular flexibility index (Phi) is 5.93. The summed E-state index contributed by atoms with van der Waals surface area (Å²) in [5.74, 6) is 1.28. The Hall–Kier alpha value is -1.26. The Morgan fingerprint density at radius 3 is 2.83 bits per heavy atom. The van der Waals surface area contributed by atoms with Gasteiger partial charge in [-0.2, -0.15) is 0 Å². The molecule has 1 heterocycles. The van der Waals surface area contributed by atoms with Gasteiger partial charge in [0.05, 0.1) is 0 Å². The molecule has 1 saturated heterocycles. The van der Waals surface area contributed by atoms with Crippen LogP contribution in [0.2, 0.25) is 0 Å². The molecule has 1 aromatic rings. The summed E-state index contributed by atoms with van der Waals surface area (Å²) in [6.45, 7) is 4.59. The second kappa shape index (κ2) is 7.54. The van der Waals surface area contributed by atoms with Crippen LogP contribution in [0.4, 0.5) is 4.79 Å². The summed E-state index contributed by atoms with van der Waals surface area (Å²) in [5, 5.41) is 0. The quantitative estimate of drug-likeness (QED) is 0.842. The third kappa shape index (κ3) is 3.48. The van der Waals surface area contributed by atoms with Crippen molar-refractivity contribution in [3.63, 3.8) is 0 Å². The highest BCUT2D eigenvalue weighted by Gasteiger charge is 2.39. The molecule has 3 rings (SSSR count). The maximum absolute atomic E-state index is 12.0. The van der Waals surface area contributed by atoms with Crippen molar-refractivity contribution in [1.82, 2.24) is 9.80 Å². The van der Waals surface area contributed by atoms with Crippen LogP contribution < -0.4 is 4.74 Å². The number of carbonyl (C=O) groups excluding carboxylic acids is 1. The van der Waals surface area contributed by atoms with Crippen LogP contribution in [0.15, 0.2) is 18.2 Å². The predicted molar refractivity (Wildman–Crippen MR) is 94.7 cm³/mol. The smallest absolute Gasteiger partial charge is 0.410 e. The molecule has 2 atom stereocenters. The minimum atomic E-state index is -0.293. The van der Waals surface area contributed by atoms with E-state index in [2.05, 4.69) is 17.9 Å². The average molecular weight is 339 g/mol. The van der Waals surface area contributed by atoms with E-state index in [0.717, 1.165) is 12.2 Å². The number of ether oxygens (including phenoxy) is 1. The van der Waals surface area contributed by atoms with E-state index in [1.54, 1.807) is 14.1 Å². The molecule has 23 heavy (non-hydrogen) atoms. The first-order valence-electron chi connectivity index (χ1n) is 8.36. The first-order valence-corrected chi connectivity index (χ1v) is 8.36. The van der Waals surface area contributed by atoms with Crippen LogP contribution in [0.3, 0.4) is 0 Å². The molecule has 4 nitrogen and oxygen atoms in total. The maximum atomic E-state index is 12.0. The van der Waals surface area contributed by atoms with E-state index in [4.69, 9.17) is 4.74 Å². The van der Waals surface area contributed by atoms with E-state index in [-0.39, 0.29) is 18.5 Å². The molecule has 1 aliphatic heterocycles. The van der Waals surface area contributed by atoms with Gasteiger partial charge in [0.1, 0.15) is 5.75 Å². The van der Waals surface area contributed by atoms with Gasteiger partial charge in [0.2, 0.25) is 0 Å². The highest BCUT2D eigenvalue weighted by Crippen LogP contribution is 2.45. The van der Waals surface area contributed by atoms with Crippen LogP contribution in [0, 0.1) is 0 Å². The second-order valence-corrected chi connectivity index (χ2v) is 6.63. The molecule has 5 heteroatoms. The third-order valence-electron chi connectivity index (χ3n) is 4.97. The van der Waals surface area contributed by atoms with Gasteiger partial charge in [-0.05, 0) is 50.4 Å². The van der Waals surface area contributed by atoms with Crippen LogP contribution in [0.1, 0.15) is 43.2 Å². The fraction of sp³-hybridized carbons (Fsp3) is 0.611. The molecule has 0 aromatic heterocycles. The summed E-state index contributed by atoms with van der Waals surface area (Å²) in [5.41, 5.74) is 2.65. The van der Waals surface area contributed by atoms with Crippen LogP contribution >= 0.6 is 12.4 Å². The summed E-state index contributed by atoms with van der Waals surface area (Å²) >= 11 is 0. The number of aryl methyl sites for hydroxylation is 1. The lowest BCUT2D eigenvalue weighted by Gasteiger charge is -2.34. The molecule has 128 valence electrons. The van der Waals surface area contributed by atoms with Crippen molar-refractivity contribution in [3.8, 4) is 5.75 Å². The number of hydrogen-bond donors (Lipinski definition) is 0. The van der Waals surface area contributed by atoms with Crippen LogP contribution in [0.5, 0.6) is 5.75 Å². The molecule has 1 fully saturated rings. The molecule has 2 aliphatic rings. The fourth-order valence-electron chi connectivity index (χ4n) is 4.01. The lowest BCUT2D eigenvalue weighted by atomic mass is 9.79. The predicted octanol–water partition coefficient (Wildman–Crippen LogP) is 3.68. The van der Waals surface area contributed by atoms with E-state index in [1.165, 1.54) is 48.4 Å². The zero-order chi connectivity index (χ0) is 15.7. The Bertz CT molecular complexity index is 562. The van der Waals surface area contributed by atoms with E-state index in [1.807, 2.05) is 12.1 Å². The van der Waals surface area contributed by atoms with Gasteiger partial charge in [-0.3, -0.25) is 4.90 Å². The van der Waals surface area contributed by atoms with E-state index >= 15 is 0 Å². The number of nitrogens with zero attached hydrogens (tertiary/aromatic N) is 2. The van der Waals surface area contributed by atoms with E-state index in [0.29, 0.717) is 12.0 Å². The normalized spacial score (nSPS) is 22.7. The van der Waals surface area contributed by atoms with Crippen molar-refractivity contribution >= 4 is 18.5 Å². The highest BCUT2D eigenvalue weighted by molar-refractivity contribution is 5.85. The Morgan fingerprint density at radius 1 is 1.35 bits per heavy atom. The van der Waals surface area contributed by atoms with Gasteiger partial charge in [0.25, 0.3) is 0 Å². The van der Waals surface area contributed by atoms with Crippen molar-refractivity contribution < 1.29 is 9.53 Å². The number of rotatable bonds is 3. The molecule has 1 amide bonds. The topological polar surface area (TPSA) is 32.8 Å². The molecule has 0 N–H and O–H groups in total. The van der Waals surface area contributed by atoms with Crippen LogP contribution in [-0.2, 0) is 6.42 Å². The number of benzene rings is 1. The zero-order valence-corrected chi connectivity index (χ0v) is 15.1. The summed E-state index contributed by atoms with van der Waals surface area (Å²) in [4.78, 5) is 16.1. The zero-order valence-electron chi connectivity index (χ0n) is 14.2. The minimum Gasteiger partial charge on any atom is -0.410 e. The summed E-state index contributed by atoms with van der Waals surface area (Å²) < 4.78 is 5.65. The Labute approximate surface area is 145 Å². The molecule has 0 radical (unpaired) electrons. The molecule has 0 saturated carbocycles. The first-order chi connectivity index (χ1) is 10.6. The Morgan fingerprint density at radius 2 is 2.13 bits per heavy atom. The van der Waals surface area contributed by atoms with Gasteiger partial charge in [-0.15, -0.1) is 12.4 Å². The Balaban J connectivity index is 0.00000192. The van der Waals surface area contributed by atoms with Crippen molar-refractivity contribution in [2.45, 2.75) is 44.6 Å². The van der Waals surface area contributed by atoms with Crippen molar-refractivity contribution in [3.05, 3.63) is 29.3 Å². The summed E-state index contributed by atoms with van der Waals surface area (Å²) in [6, 6.07) is 6.77. The number of amides is 1. The third-order valence-corrected chi connectivity index (χ3v) is 4.97. The van der Waals surface area contributed by atoms with E-state index in [9.17, 15) is 4.79 Å². The molecular formula is C18H27ClN2O2. The second-order valence-electron chi connectivity index (χ2n) is 6.63. The highest BCUT2D eigenvalue weighted by atomic mass is 35.5. The monoisotopic (exact) mass is 338 g/mol. The number of likely N-dealkylation sites (tertiary alicyclic amines) is 1. The summed E-state index contributed by atoms with van der Waals surface area (Å²) in [6.07, 6.45) is 4.40. The van der Waals surface area contributed by atoms with Gasteiger partial charge in [-0.1, -0.05) is 19.1 Å². The van der Waals surface area contributed by atoms with Crippen molar-refractivity contribution in [2.75, 3.05) is 27.2 Å². The van der Waals surface area contributed by atoms with Gasteiger partial charge < -0.3 is 9.64 Å². The maximum Gasteiger partial charge on any atom is 0.414 e. The summed E-state index contributed by atoms with van der Waals surface area (Å²) in [7, 11) is 3.44. The fourth-order valence-corrected chi connectivity index (χ4v) is 4.01. The van der Waals surface area contributed by atoms with E-state index < -0.39 is 0 Å². The van der Waals surface area contributed by atoms with Gasteiger partial charge in [-0.25, -0.2) is 4.79 Å². The number of hydrogen-bond acceptors (Lipinski definition) is 3. The largest absolute Gasteiger partial charge is 0.414 e. The van der Waals surface area contributed by atoms with Crippen molar-refractivity contribution in [1.29, 1.82) is 0 Å². The molecule has 1 aromatic carbocycles. The first kappa shape index (κ1) is 18.1. The standard InChI is InChI=1S/C18H26N2O2.ClH/c1-4-11-20-12-10-14-15(20)9-8-13-6-5-7-16(17(13)14)22-18(21)19(2)3;/h5-7,14-15H,4,8-12H2,1-3H3;1H/t14-,15-;/m1./s1. The molecular weight excluding hydrogens is 312 g/mol. The van der Waals surface area contributed by atoms with Gasteiger partial charge >= 0.3 is 6.09 Å². The van der Waals surface area contributed by atoms with Crippen molar-refractivity contribution in [2.24, 2.45) is 0 Å². The number of fused-ring (bicyclic) bond motifs is 3. The molecule has 0 spiro atoms. The minimum absolute atomic E-state index is 0. The molecule has 1 aliphatic carbocycles.